The largest absolute Gasteiger partial charge is 0.461 e. The van der Waals surface area contributed by atoms with E-state index in [9.17, 15) is 4.79 Å². The van der Waals surface area contributed by atoms with Crippen LogP contribution in [0.1, 0.15) is 42.2 Å². The van der Waals surface area contributed by atoms with Gasteiger partial charge in [-0.05, 0) is 32.7 Å². The summed E-state index contributed by atoms with van der Waals surface area (Å²) in [7, 11) is 0. The highest BCUT2D eigenvalue weighted by Crippen LogP contribution is 2.29. The van der Waals surface area contributed by atoms with E-state index in [0.29, 0.717) is 24.4 Å². The predicted molar refractivity (Wildman–Crippen MR) is 74.4 cm³/mol. The van der Waals surface area contributed by atoms with Crippen molar-refractivity contribution in [2.75, 3.05) is 19.7 Å². The van der Waals surface area contributed by atoms with Crippen LogP contribution in [0.5, 0.6) is 0 Å². The van der Waals surface area contributed by atoms with Crippen LogP contribution in [0.2, 0.25) is 0 Å². The number of H-pyrrole nitrogens is 1. The van der Waals surface area contributed by atoms with Gasteiger partial charge in [-0.3, -0.25) is 10.00 Å². The third kappa shape index (κ3) is 2.58. The summed E-state index contributed by atoms with van der Waals surface area (Å²) in [6.45, 7) is 5.11. The van der Waals surface area contributed by atoms with Crippen molar-refractivity contribution in [1.82, 2.24) is 20.4 Å². The molecule has 0 saturated carbocycles. The van der Waals surface area contributed by atoms with Crippen molar-refractivity contribution in [2.24, 2.45) is 0 Å². The maximum Gasteiger partial charge on any atom is 0.356 e. The number of hydrogen-bond acceptors (Lipinski definition) is 5. The second kappa shape index (κ2) is 5.93. The summed E-state index contributed by atoms with van der Waals surface area (Å²) < 4.78 is 5.07. The lowest BCUT2D eigenvalue weighted by atomic mass is 10.1. The third-order valence-electron chi connectivity index (χ3n) is 4.36. The molecule has 3 heterocycles. The molecule has 0 amide bonds. The van der Waals surface area contributed by atoms with Gasteiger partial charge in [-0.25, -0.2) is 4.79 Å². The molecular formula is C14H22N4O2. The van der Waals surface area contributed by atoms with Crippen molar-refractivity contribution in [3.05, 3.63) is 17.5 Å². The van der Waals surface area contributed by atoms with Crippen LogP contribution in [-0.4, -0.2) is 52.8 Å². The zero-order chi connectivity index (χ0) is 13.9. The third-order valence-corrected chi connectivity index (χ3v) is 4.36. The maximum atomic E-state index is 11.9. The topological polar surface area (TPSA) is 70.2 Å². The molecule has 2 saturated heterocycles. The average Bonchev–Trinajstić information content (AvgIpc) is 2.95. The minimum Gasteiger partial charge on any atom is -0.461 e. The second-order valence-corrected chi connectivity index (χ2v) is 5.54. The van der Waals surface area contributed by atoms with Gasteiger partial charge >= 0.3 is 5.97 Å². The van der Waals surface area contributed by atoms with E-state index in [4.69, 9.17) is 4.74 Å². The number of esters is 1. The van der Waals surface area contributed by atoms with Gasteiger partial charge in [0.1, 0.15) is 5.69 Å². The number of fused-ring (bicyclic) bond motifs is 2. The Morgan fingerprint density at radius 3 is 3.15 bits per heavy atom. The summed E-state index contributed by atoms with van der Waals surface area (Å²) in [4.78, 5) is 14.4. The Kier molecular flexibility index (Phi) is 4.03. The highest BCUT2D eigenvalue weighted by atomic mass is 16.5. The lowest BCUT2D eigenvalue weighted by Gasteiger charge is -2.27. The highest BCUT2D eigenvalue weighted by molar-refractivity contribution is 5.88. The quantitative estimate of drug-likeness (QED) is 0.801. The van der Waals surface area contributed by atoms with Crippen molar-refractivity contribution in [1.29, 1.82) is 0 Å². The van der Waals surface area contributed by atoms with E-state index in [0.717, 1.165) is 25.2 Å². The Morgan fingerprint density at radius 2 is 2.30 bits per heavy atom. The number of nitrogens with zero attached hydrogens (tertiary/aromatic N) is 2. The van der Waals surface area contributed by atoms with E-state index in [1.807, 2.05) is 6.92 Å². The van der Waals surface area contributed by atoms with E-state index in [2.05, 4.69) is 20.4 Å². The zero-order valence-corrected chi connectivity index (χ0v) is 11.9. The van der Waals surface area contributed by atoms with Crippen molar-refractivity contribution in [3.8, 4) is 0 Å². The highest BCUT2D eigenvalue weighted by Gasteiger charge is 2.35. The molecule has 20 heavy (non-hydrogen) atoms. The van der Waals surface area contributed by atoms with Crippen LogP contribution < -0.4 is 5.32 Å². The molecule has 2 aliphatic heterocycles. The second-order valence-electron chi connectivity index (χ2n) is 5.54. The fourth-order valence-electron chi connectivity index (χ4n) is 3.35. The molecule has 0 radical (unpaired) electrons. The van der Waals surface area contributed by atoms with Crippen molar-refractivity contribution >= 4 is 5.97 Å². The fourth-order valence-corrected chi connectivity index (χ4v) is 3.35. The number of rotatable bonds is 4. The lowest BCUT2D eigenvalue weighted by Crippen LogP contribution is -2.37. The molecule has 2 N–H and O–H groups in total. The normalized spacial score (nSPS) is 26.4. The molecule has 6 heteroatoms. The standard InChI is InChI=1S/C14H22N4O2/c1-2-20-14(19)13-10(7-16-17-13)9-18-11-3-4-12(18)8-15-6-5-11/h7,11-12,15H,2-6,8-9H2,1H3,(H,16,17)/t11-,12+/m1/s1. The molecule has 0 spiro atoms. The van der Waals surface area contributed by atoms with E-state index in [1.54, 1.807) is 6.20 Å². The zero-order valence-electron chi connectivity index (χ0n) is 11.9. The Hall–Kier alpha value is -1.40. The van der Waals surface area contributed by atoms with Crippen molar-refractivity contribution in [3.63, 3.8) is 0 Å². The number of carbonyl (C=O) groups is 1. The van der Waals surface area contributed by atoms with Crippen LogP contribution in [0.25, 0.3) is 0 Å². The summed E-state index contributed by atoms with van der Waals surface area (Å²) in [5.74, 6) is -0.305. The van der Waals surface area contributed by atoms with Gasteiger partial charge in [-0.1, -0.05) is 0 Å². The summed E-state index contributed by atoms with van der Waals surface area (Å²) in [6.07, 6.45) is 5.44. The van der Waals surface area contributed by atoms with Crippen LogP contribution in [0.3, 0.4) is 0 Å². The molecule has 110 valence electrons. The minimum absolute atomic E-state index is 0.305. The molecule has 2 bridgehead atoms. The van der Waals surface area contributed by atoms with Crippen LogP contribution in [0.4, 0.5) is 0 Å². The van der Waals surface area contributed by atoms with Crippen LogP contribution in [0, 0.1) is 0 Å². The number of aromatic amines is 1. The van der Waals surface area contributed by atoms with Gasteiger partial charge in [0.05, 0.1) is 12.8 Å². The fraction of sp³-hybridized carbons (Fsp3) is 0.714. The van der Waals surface area contributed by atoms with Gasteiger partial charge in [0.2, 0.25) is 0 Å². The molecule has 2 fully saturated rings. The molecule has 0 unspecified atom stereocenters. The van der Waals surface area contributed by atoms with Gasteiger partial charge in [-0.2, -0.15) is 5.10 Å². The summed E-state index contributed by atoms with van der Waals surface area (Å²) in [5.41, 5.74) is 1.45. The smallest absolute Gasteiger partial charge is 0.356 e. The maximum absolute atomic E-state index is 11.9. The first-order chi connectivity index (χ1) is 9.79. The Labute approximate surface area is 118 Å². The summed E-state index contributed by atoms with van der Waals surface area (Å²) in [5, 5.41) is 10.3. The number of hydrogen-bond donors (Lipinski definition) is 2. The van der Waals surface area contributed by atoms with Gasteiger partial charge in [0, 0.05) is 30.7 Å². The molecule has 2 atom stereocenters. The SMILES string of the molecule is CCOC(=O)c1[nH]ncc1CN1[C@H]2CCNC[C@@H]1CC2. The monoisotopic (exact) mass is 278 g/mol. The minimum atomic E-state index is -0.305. The molecule has 3 rings (SSSR count). The first-order valence-electron chi connectivity index (χ1n) is 7.45. The predicted octanol–water partition coefficient (Wildman–Crippen LogP) is 0.913. The van der Waals surface area contributed by atoms with Crippen LogP contribution >= 0.6 is 0 Å². The molecule has 0 aliphatic carbocycles. The van der Waals surface area contributed by atoms with Crippen LogP contribution in [-0.2, 0) is 11.3 Å². The molecule has 2 aliphatic rings. The van der Waals surface area contributed by atoms with Gasteiger partial charge in [-0.15, -0.1) is 0 Å². The Balaban J connectivity index is 1.74. The van der Waals surface area contributed by atoms with E-state index < -0.39 is 0 Å². The van der Waals surface area contributed by atoms with E-state index >= 15 is 0 Å². The molecule has 0 aromatic carbocycles. The first-order valence-corrected chi connectivity index (χ1v) is 7.45. The number of aromatic nitrogens is 2. The molecule has 1 aromatic rings. The molecule has 6 nitrogen and oxygen atoms in total. The van der Waals surface area contributed by atoms with Crippen LogP contribution in [0.15, 0.2) is 6.20 Å². The van der Waals surface area contributed by atoms with Gasteiger partial charge in [0.15, 0.2) is 0 Å². The number of carbonyl (C=O) groups excluding carboxylic acids is 1. The van der Waals surface area contributed by atoms with Crippen molar-refractivity contribution < 1.29 is 9.53 Å². The molecular weight excluding hydrogens is 256 g/mol. The average molecular weight is 278 g/mol. The first kappa shape index (κ1) is 13.6. The van der Waals surface area contributed by atoms with Crippen molar-refractivity contribution in [2.45, 2.75) is 44.8 Å². The van der Waals surface area contributed by atoms with E-state index in [-0.39, 0.29) is 5.97 Å². The molecule has 1 aromatic heterocycles. The summed E-state index contributed by atoms with van der Waals surface area (Å²) in [6, 6.07) is 1.20. The van der Waals surface area contributed by atoms with Gasteiger partial charge < -0.3 is 10.1 Å². The van der Waals surface area contributed by atoms with E-state index in [1.165, 1.54) is 19.3 Å². The number of nitrogens with one attached hydrogen (secondary N) is 2. The number of ether oxygens (including phenoxy) is 1. The van der Waals surface area contributed by atoms with Gasteiger partial charge in [0.25, 0.3) is 0 Å². The summed E-state index contributed by atoms with van der Waals surface area (Å²) >= 11 is 0. The lowest BCUT2D eigenvalue weighted by molar-refractivity contribution is 0.0516. The Bertz CT molecular complexity index is 459. The Morgan fingerprint density at radius 1 is 1.45 bits per heavy atom.